The van der Waals surface area contributed by atoms with Gasteiger partial charge in [0.25, 0.3) is 0 Å². The summed E-state index contributed by atoms with van der Waals surface area (Å²) in [5.74, 6) is 0. The standard InChI is InChI=1S/C20H24BrN3/c1-16-6-7-19(17(2)12-16)15-23-8-10-24(11-9-23)22-14-18-4-3-5-20(21)13-18/h3-7,12-14H,8-11,15H2,1-2H3/b22-14+. The third-order valence-electron chi connectivity index (χ3n) is 4.46. The average molecular weight is 386 g/mol. The number of piperazine rings is 1. The van der Waals surface area contributed by atoms with Crippen LogP contribution < -0.4 is 0 Å². The monoisotopic (exact) mass is 385 g/mol. The quantitative estimate of drug-likeness (QED) is 0.733. The molecule has 0 spiro atoms. The minimum Gasteiger partial charge on any atom is -0.295 e. The molecule has 2 aromatic carbocycles. The zero-order chi connectivity index (χ0) is 16.9. The van der Waals surface area contributed by atoms with Crippen LogP contribution >= 0.6 is 15.9 Å². The Bertz CT molecular complexity index is 719. The maximum Gasteiger partial charge on any atom is 0.0543 e. The Morgan fingerprint density at radius 2 is 1.83 bits per heavy atom. The largest absolute Gasteiger partial charge is 0.295 e. The molecule has 1 heterocycles. The van der Waals surface area contributed by atoms with E-state index in [1.54, 1.807) is 0 Å². The minimum absolute atomic E-state index is 0.982. The van der Waals surface area contributed by atoms with Gasteiger partial charge in [-0.1, -0.05) is 51.8 Å². The van der Waals surface area contributed by atoms with Gasteiger partial charge >= 0.3 is 0 Å². The molecule has 0 bridgehead atoms. The Morgan fingerprint density at radius 1 is 1.04 bits per heavy atom. The Labute approximate surface area is 153 Å². The number of hydrogen-bond donors (Lipinski definition) is 0. The Hall–Kier alpha value is -1.65. The van der Waals surface area contributed by atoms with E-state index < -0.39 is 0 Å². The zero-order valence-electron chi connectivity index (χ0n) is 14.4. The maximum absolute atomic E-state index is 4.63. The van der Waals surface area contributed by atoms with Crippen LogP contribution in [0, 0.1) is 13.8 Å². The van der Waals surface area contributed by atoms with Crippen molar-refractivity contribution in [3.05, 3.63) is 69.2 Å². The van der Waals surface area contributed by atoms with Crippen molar-refractivity contribution in [1.82, 2.24) is 9.91 Å². The summed E-state index contributed by atoms with van der Waals surface area (Å²) in [6, 6.07) is 15.0. The van der Waals surface area contributed by atoms with Crippen LogP contribution in [0.2, 0.25) is 0 Å². The summed E-state index contributed by atoms with van der Waals surface area (Å²) in [4.78, 5) is 2.52. The molecule has 1 fully saturated rings. The van der Waals surface area contributed by atoms with Gasteiger partial charge in [0.1, 0.15) is 0 Å². The van der Waals surface area contributed by atoms with Gasteiger partial charge in [0, 0.05) is 37.2 Å². The summed E-state index contributed by atoms with van der Waals surface area (Å²) >= 11 is 3.50. The van der Waals surface area contributed by atoms with Crippen LogP contribution in [0.1, 0.15) is 22.3 Å². The highest BCUT2D eigenvalue weighted by molar-refractivity contribution is 9.10. The molecule has 0 N–H and O–H groups in total. The lowest BCUT2D eigenvalue weighted by molar-refractivity contribution is 0.131. The third-order valence-corrected chi connectivity index (χ3v) is 4.95. The summed E-state index contributed by atoms with van der Waals surface area (Å²) in [6.07, 6.45) is 1.95. The fourth-order valence-electron chi connectivity index (χ4n) is 3.01. The van der Waals surface area contributed by atoms with Gasteiger partial charge in [-0.2, -0.15) is 5.10 Å². The van der Waals surface area contributed by atoms with Crippen LogP contribution in [-0.2, 0) is 6.54 Å². The van der Waals surface area contributed by atoms with Crippen molar-refractivity contribution in [3.63, 3.8) is 0 Å². The number of hydrogen-bond acceptors (Lipinski definition) is 3. The molecule has 0 atom stereocenters. The molecule has 0 saturated carbocycles. The van der Waals surface area contributed by atoms with Crippen LogP contribution in [0.15, 0.2) is 52.0 Å². The molecule has 1 saturated heterocycles. The van der Waals surface area contributed by atoms with Gasteiger partial charge in [-0.05, 0) is 42.7 Å². The highest BCUT2D eigenvalue weighted by atomic mass is 79.9. The first-order valence-electron chi connectivity index (χ1n) is 8.43. The van der Waals surface area contributed by atoms with Crippen LogP contribution in [0.3, 0.4) is 0 Å². The van der Waals surface area contributed by atoms with E-state index in [0.29, 0.717) is 0 Å². The molecular weight excluding hydrogens is 362 g/mol. The Balaban J connectivity index is 1.52. The molecule has 2 aromatic rings. The lowest BCUT2D eigenvalue weighted by Crippen LogP contribution is -2.43. The van der Waals surface area contributed by atoms with Crippen molar-refractivity contribution < 1.29 is 0 Å². The molecule has 0 radical (unpaired) electrons. The first kappa shape index (κ1) is 17.2. The molecule has 0 unspecified atom stereocenters. The number of nitrogens with zero attached hydrogens (tertiary/aromatic N) is 3. The predicted octanol–water partition coefficient (Wildman–Crippen LogP) is 4.22. The van der Waals surface area contributed by atoms with Gasteiger partial charge in [0.15, 0.2) is 0 Å². The van der Waals surface area contributed by atoms with Crippen molar-refractivity contribution in [2.45, 2.75) is 20.4 Å². The van der Waals surface area contributed by atoms with Crippen molar-refractivity contribution in [1.29, 1.82) is 0 Å². The van der Waals surface area contributed by atoms with Crippen LogP contribution in [0.25, 0.3) is 0 Å². The highest BCUT2D eigenvalue weighted by Crippen LogP contribution is 2.15. The number of hydrazone groups is 1. The Kier molecular flexibility index (Phi) is 5.69. The van der Waals surface area contributed by atoms with Crippen molar-refractivity contribution in [3.8, 4) is 0 Å². The molecule has 3 rings (SSSR count). The summed E-state index contributed by atoms with van der Waals surface area (Å²) in [6.45, 7) is 9.48. The van der Waals surface area contributed by atoms with Gasteiger partial charge in [-0.25, -0.2) is 0 Å². The summed E-state index contributed by atoms with van der Waals surface area (Å²) in [7, 11) is 0. The maximum atomic E-state index is 4.63. The van der Waals surface area contributed by atoms with Crippen molar-refractivity contribution >= 4 is 22.1 Å². The number of aryl methyl sites for hydroxylation is 2. The van der Waals surface area contributed by atoms with E-state index >= 15 is 0 Å². The highest BCUT2D eigenvalue weighted by Gasteiger charge is 2.16. The van der Waals surface area contributed by atoms with Crippen LogP contribution in [0.4, 0.5) is 0 Å². The normalized spacial score (nSPS) is 16.0. The van der Waals surface area contributed by atoms with Crippen molar-refractivity contribution in [2.24, 2.45) is 5.10 Å². The van der Waals surface area contributed by atoms with Gasteiger partial charge in [-0.3, -0.25) is 9.91 Å². The van der Waals surface area contributed by atoms with E-state index in [1.165, 1.54) is 16.7 Å². The van der Waals surface area contributed by atoms with Gasteiger partial charge in [0.2, 0.25) is 0 Å². The lowest BCUT2D eigenvalue weighted by atomic mass is 10.1. The lowest BCUT2D eigenvalue weighted by Gasteiger charge is -2.33. The van der Waals surface area contributed by atoms with Crippen LogP contribution in [0.5, 0.6) is 0 Å². The molecule has 0 aromatic heterocycles. The SMILES string of the molecule is Cc1ccc(CN2CCN(/N=C/c3cccc(Br)c3)CC2)c(C)c1. The summed E-state index contributed by atoms with van der Waals surface area (Å²) in [5.41, 5.74) is 5.29. The van der Waals surface area contributed by atoms with E-state index in [2.05, 4.69) is 75.1 Å². The van der Waals surface area contributed by atoms with E-state index in [4.69, 9.17) is 0 Å². The molecule has 1 aliphatic heterocycles. The minimum atomic E-state index is 0.982. The van der Waals surface area contributed by atoms with E-state index in [0.717, 1.165) is 42.8 Å². The molecular formula is C20H24BrN3. The molecule has 0 amide bonds. The fraction of sp³-hybridized carbons (Fsp3) is 0.350. The number of rotatable bonds is 4. The predicted molar refractivity (Wildman–Crippen MR) is 105 cm³/mol. The number of benzene rings is 2. The van der Waals surface area contributed by atoms with Crippen molar-refractivity contribution in [2.75, 3.05) is 26.2 Å². The zero-order valence-corrected chi connectivity index (χ0v) is 16.0. The molecule has 24 heavy (non-hydrogen) atoms. The average Bonchev–Trinajstić information content (AvgIpc) is 2.57. The fourth-order valence-corrected chi connectivity index (χ4v) is 3.43. The second kappa shape index (κ2) is 7.95. The van der Waals surface area contributed by atoms with E-state index in [1.807, 2.05) is 18.3 Å². The van der Waals surface area contributed by atoms with Gasteiger partial charge in [0.05, 0.1) is 6.21 Å². The smallest absolute Gasteiger partial charge is 0.0543 e. The summed E-state index contributed by atoms with van der Waals surface area (Å²) < 4.78 is 1.09. The molecule has 4 heteroatoms. The Morgan fingerprint density at radius 3 is 2.54 bits per heavy atom. The molecule has 1 aliphatic rings. The van der Waals surface area contributed by atoms with E-state index in [9.17, 15) is 0 Å². The summed E-state index contributed by atoms with van der Waals surface area (Å²) in [5, 5.41) is 6.79. The molecule has 126 valence electrons. The van der Waals surface area contributed by atoms with Crippen LogP contribution in [-0.4, -0.2) is 42.3 Å². The topological polar surface area (TPSA) is 18.8 Å². The first-order valence-corrected chi connectivity index (χ1v) is 9.22. The first-order chi connectivity index (χ1) is 11.6. The van der Waals surface area contributed by atoms with E-state index in [-0.39, 0.29) is 0 Å². The second-order valence-corrected chi connectivity index (χ2v) is 7.38. The second-order valence-electron chi connectivity index (χ2n) is 6.46. The molecule has 0 aliphatic carbocycles. The van der Waals surface area contributed by atoms with Gasteiger partial charge in [-0.15, -0.1) is 0 Å². The third kappa shape index (κ3) is 4.68. The molecule has 3 nitrogen and oxygen atoms in total. The number of halogens is 1. The van der Waals surface area contributed by atoms with Gasteiger partial charge < -0.3 is 0 Å².